The number of carbonyl (C=O) groups excluding carboxylic acids is 1. The van der Waals surface area contributed by atoms with E-state index in [0.29, 0.717) is 27.7 Å². The van der Waals surface area contributed by atoms with E-state index in [4.69, 9.17) is 11.6 Å². The molecule has 0 atom stereocenters. The average Bonchev–Trinajstić information content (AvgIpc) is 2.78. The van der Waals surface area contributed by atoms with Crippen molar-refractivity contribution in [3.63, 3.8) is 0 Å². The van der Waals surface area contributed by atoms with E-state index in [2.05, 4.69) is 10.3 Å². The lowest BCUT2D eigenvalue weighted by atomic mass is 10.2. The Labute approximate surface area is 131 Å². The first kappa shape index (κ1) is 16.5. The summed E-state index contributed by atoms with van der Waals surface area (Å²) in [5.74, 6) is -0.674. The molecule has 2 aromatic rings. The predicted molar refractivity (Wildman–Crippen MR) is 76.2 cm³/mol. The molecule has 0 bridgehead atoms. The number of nitrogens with zero attached hydrogens (tertiary/aromatic N) is 2. The highest BCUT2D eigenvalue weighted by atomic mass is 35.5. The first-order chi connectivity index (χ1) is 10.2. The molecule has 10 heteroatoms. The minimum atomic E-state index is -4.66. The molecule has 1 amide bonds. The predicted octanol–water partition coefficient (Wildman–Crippen LogP) is 2.92. The number of aromatic nitrogens is 2. The number of halogens is 4. The molecule has 0 aliphatic rings. The topological polar surface area (TPSA) is 64.0 Å². The fraction of sp³-hybridized carbons (Fsp3) is 0.250. The molecule has 5 nitrogen and oxygen atoms in total. The van der Waals surface area contributed by atoms with E-state index in [1.54, 1.807) is 12.3 Å². The molecule has 118 valence electrons. The fourth-order valence-corrected chi connectivity index (χ4v) is 2.53. The molecule has 0 saturated heterocycles. The average molecular weight is 352 g/mol. The van der Waals surface area contributed by atoms with Gasteiger partial charge < -0.3 is 9.88 Å². The second-order valence-electron chi connectivity index (χ2n) is 4.35. The van der Waals surface area contributed by atoms with E-state index >= 15 is 0 Å². The lowest BCUT2D eigenvalue weighted by molar-refractivity contribution is -0.138. The first-order valence-electron chi connectivity index (χ1n) is 5.86. The van der Waals surface area contributed by atoms with Gasteiger partial charge in [-0.25, -0.2) is 4.98 Å². The maximum Gasteiger partial charge on any atom is 0.417 e. The lowest BCUT2D eigenvalue weighted by Crippen LogP contribution is -2.29. The number of nitrogens with one attached hydrogen (secondary N) is 1. The SMILES string of the molecule is Cc1csc(NC(=O)Cn2cc(C(F)(F)F)cc(Cl)c2=O)n1. The van der Waals surface area contributed by atoms with E-state index in [1.807, 2.05) is 0 Å². The molecule has 0 spiro atoms. The molecule has 0 radical (unpaired) electrons. The second kappa shape index (κ2) is 6.09. The number of amides is 1. The summed E-state index contributed by atoms with van der Waals surface area (Å²) >= 11 is 6.66. The van der Waals surface area contributed by atoms with Crippen LogP contribution in [0.4, 0.5) is 18.3 Å². The highest BCUT2D eigenvalue weighted by Gasteiger charge is 2.32. The number of thiazole rings is 1. The third-order valence-corrected chi connectivity index (χ3v) is 3.70. The van der Waals surface area contributed by atoms with Crippen molar-refractivity contribution in [2.45, 2.75) is 19.6 Å². The lowest BCUT2D eigenvalue weighted by Gasteiger charge is -2.11. The van der Waals surface area contributed by atoms with Crippen LogP contribution in [-0.2, 0) is 17.5 Å². The van der Waals surface area contributed by atoms with Crippen LogP contribution in [0, 0.1) is 6.92 Å². The Hall–Kier alpha value is -1.87. The van der Waals surface area contributed by atoms with Gasteiger partial charge in [0.25, 0.3) is 5.56 Å². The number of carbonyl (C=O) groups is 1. The van der Waals surface area contributed by atoms with Crippen molar-refractivity contribution in [2.24, 2.45) is 0 Å². The number of rotatable bonds is 3. The third kappa shape index (κ3) is 3.86. The van der Waals surface area contributed by atoms with E-state index in [-0.39, 0.29) is 0 Å². The number of anilines is 1. The third-order valence-electron chi connectivity index (χ3n) is 2.55. The van der Waals surface area contributed by atoms with Gasteiger partial charge in [-0.1, -0.05) is 11.6 Å². The number of aryl methyl sites for hydroxylation is 1. The number of alkyl halides is 3. The van der Waals surface area contributed by atoms with Crippen molar-refractivity contribution in [2.75, 3.05) is 5.32 Å². The molecule has 0 unspecified atom stereocenters. The summed E-state index contributed by atoms with van der Waals surface area (Å²) in [5, 5.41) is 3.79. The van der Waals surface area contributed by atoms with Gasteiger partial charge in [-0.05, 0) is 13.0 Å². The Morgan fingerprint density at radius 3 is 2.73 bits per heavy atom. The Balaban J connectivity index is 2.23. The van der Waals surface area contributed by atoms with Crippen LogP contribution in [0.1, 0.15) is 11.3 Å². The normalized spacial score (nSPS) is 11.5. The molecule has 0 aliphatic carbocycles. The highest BCUT2D eigenvalue weighted by Crippen LogP contribution is 2.29. The van der Waals surface area contributed by atoms with Gasteiger partial charge in [0.05, 0.1) is 11.3 Å². The largest absolute Gasteiger partial charge is 0.417 e. The first-order valence-corrected chi connectivity index (χ1v) is 7.12. The fourth-order valence-electron chi connectivity index (χ4n) is 1.60. The smallest absolute Gasteiger partial charge is 0.304 e. The number of hydrogen-bond donors (Lipinski definition) is 1. The monoisotopic (exact) mass is 351 g/mol. The summed E-state index contributed by atoms with van der Waals surface area (Å²) in [6.45, 7) is 1.13. The van der Waals surface area contributed by atoms with Crippen LogP contribution in [0.5, 0.6) is 0 Å². The molecule has 2 heterocycles. The van der Waals surface area contributed by atoms with Crippen molar-refractivity contribution >= 4 is 34.0 Å². The van der Waals surface area contributed by atoms with Crippen LogP contribution in [0.2, 0.25) is 5.02 Å². The second-order valence-corrected chi connectivity index (χ2v) is 5.62. The van der Waals surface area contributed by atoms with Crippen LogP contribution in [0.15, 0.2) is 22.4 Å². The molecule has 1 N–H and O–H groups in total. The van der Waals surface area contributed by atoms with Gasteiger partial charge >= 0.3 is 6.18 Å². The molecule has 0 aliphatic heterocycles. The summed E-state index contributed by atoms with van der Waals surface area (Å²) in [6.07, 6.45) is -4.11. The van der Waals surface area contributed by atoms with Gasteiger partial charge in [0, 0.05) is 11.6 Å². The van der Waals surface area contributed by atoms with Gasteiger partial charge in [0.1, 0.15) is 11.6 Å². The Morgan fingerprint density at radius 1 is 1.50 bits per heavy atom. The zero-order valence-corrected chi connectivity index (χ0v) is 12.6. The molecule has 0 saturated carbocycles. The van der Waals surface area contributed by atoms with E-state index in [1.165, 1.54) is 11.3 Å². The van der Waals surface area contributed by atoms with Gasteiger partial charge in [0.2, 0.25) is 5.91 Å². The number of pyridine rings is 1. The summed E-state index contributed by atoms with van der Waals surface area (Å²) in [7, 11) is 0. The zero-order chi connectivity index (χ0) is 16.5. The molecule has 0 fully saturated rings. The molecule has 2 aromatic heterocycles. The van der Waals surface area contributed by atoms with Crippen molar-refractivity contribution in [1.29, 1.82) is 0 Å². The van der Waals surface area contributed by atoms with Crippen molar-refractivity contribution in [3.05, 3.63) is 44.3 Å². The summed E-state index contributed by atoms with van der Waals surface area (Å²) in [5.41, 5.74) is -1.28. The molecular weight excluding hydrogens is 343 g/mol. The van der Waals surface area contributed by atoms with Crippen LogP contribution < -0.4 is 10.9 Å². The maximum atomic E-state index is 12.7. The minimum Gasteiger partial charge on any atom is -0.304 e. The number of hydrogen-bond acceptors (Lipinski definition) is 4. The van der Waals surface area contributed by atoms with Crippen LogP contribution >= 0.6 is 22.9 Å². The Bertz CT molecular complexity index is 770. The molecular formula is C12H9ClF3N3O2S. The van der Waals surface area contributed by atoms with Crippen molar-refractivity contribution in [3.8, 4) is 0 Å². The van der Waals surface area contributed by atoms with Crippen LogP contribution in [0.3, 0.4) is 0 Å². The molecule has 0 aromatic carbocycles. The Morgan fingerprint density at radius 2 is 2.18 bits per heavy atom. The summed E-state index contributed by atoms with van der Waals surface area (Å²) in [6, 6.07) is 0.530. The molecule has 22 heavy (non-hydrogen) atoms. The van der Waals surface area contributed by atoms with E-state index in [0.717, 1.165) is 0 Å². The molecule has 2 rings (SSSR count). The van der Waals surface area contributed by atoms with Crippen molar-refractivity contribution in [1.82, 2.24) is 9.55 Å². The maximum absolute atomic E-state index is 12.7. The standard InChI is InChI=1S/C12H9ClF3N3O2S/c1-6-5-22-11(17-6)18-9(20)4-19-3-7(12(14,15)16)2-8(13)10(19)21/h2-3,5H,4H2,1H3,(H,17,18,20). The van der Waals surface area contributed by atoms with Crippen LogP contribution in [0.25, 0.3) is 0 Å². The van der Waals surface area contributed by atoms with E-state index < -0.39 is 34.8 Å². The van der Waals surface area contributed by atoms with Crippen molar-refractivity contribution < 1.29 is 18.0 Å². The highest BCUT2D eigenvalue weighted by molar-refractivity contribution is 7.13. The minimum absolute atomic E-state index is 0.300. The van der Waals surface area contributed by atoms with Crippen LogP contribution in [-0.4, -0.2) is 15.5 Å². The van der Waals surface area contributed by atoms with Gasteiger partial charge in [-0.15, -0.1) is 11.3 Å². The van der Waals surface area contributed by atoms with Gasteiger partial charge in [-0.3, -0.25) is 9.59 Å². The quantitative estimate of drug-likeness (QED) is 0.924. The summed E-state index contributed by atoms with van der Waals surface area (Å²) < 4.78 is 38.7. The van der Waals surface area contributed by atoms with Gasteiger partial charge in [-0.2, -0.15) is 13.2 Å². The van der Waals surface area contributed by atoms with E-state index in [9.17, 15) is 22.8 Å². The zero-order valence-electron chi connectivity index (χ0n) is 11.1. The summed E-state index contributed by atoms with van der Waals surface area (Å²) in [4.78, 5) is 27.5. The van der Waals surface area contributed by atoms with Gasteiger partial charge in [0.15, 0.2) is 5.13 Å². The Kier molecular flexibility index (Phi) is 4.57.